The molecule has 148 valence electrons. The Hall–Kier alpha value is -1.70. The minimum atomic E-state index is -3.33. The molecule has 1 unspecified atom stereocenters. The second-order valence-electron chi connectivity index (χ2n) is 7.72. The molecule has 0 saturated carbocycles. The van der Waals surface area contributed by atoms with Crippen molar-refractivity contribution in [3.8, 4) is 0 Å². The van der Waals surface area contributed by atoms with Crippen LogP contribution in [0.25, 0.3) is 0 Å². The zero-order valence-electron chi connectivity index (χ0n) is 16.5. The van der Waals surface area contributed by atoms with E-state index in [2.05, 4.69) is 28.5 Å². The van der Waals surface area contributed by atoms with Crippen molar-refractivity contribution < 1.29 is 8.42 Å². The lowest BCUT2D eigenvalue weighted by atomic mass is 9.99. The van der Waals surface area contributed by atoms with Crippen LogP contribution in [0.2, 0.25) is 0 Å². The topological polar surface area (TPSA) is 58.4 Å². The Bertz CT molecular complexity index is 860. The van der Waals surface area contributed by atoms with Crippen molar-refractivity contribution in [2.75, 3.05) is 33.7 Å². The second-order valence-corrected chi connectivity index (χ2v) is 9.69. The van der Waals surface area contributed by atoms with Crippen LogP contribution in [0.5, 0.6) is 0 Å². The average molecular weight is 391 g/mol. The number of nitrogens with zero attached hydrogens (tertiary/aromatic N) is 4. The van der Waals surface area contributed by atoms with Crippen LogP contribution in [-0.2, 0) is 22.3 Å². The summed E-state index contributed by atoms with van der Waals surface area (Å²) in [7, 11) is 0.777. The number of aryl methyl sites for hydroxylation is 1. The molecule has 1 fully saturated rings. The van der Waals surface area contributed by atoms with Gasteiger partial charge in [-0.1, -0.05) is 29.8 Å². The van der Waals surface area contributed by atoms with Gasteiger partial charge >= 0.3 is 0 Å². The van der Waals surface area contributed by atoms with Gasteiger partial charge in [0.2, 0.25) is 10.0 Å². The van der Waals surface area contributed by atoms with Crippen molar-refractivity contribution in [1.82, 2.24) is 18.8 Å². The summed E-state index contributed by atoms with van der Waals surface area (Å²) in [5, 5.41) is 0. The zero-order chi connectivity index (χ0) is 19.4. The van der Waals surface area contributed by atoms with Crippen LogP contribution in [0.3, 0.4) is 0 Å². The van der Waals surface area contributed by atoms with E-state index in [-0.39, 0.29) is 11.7 Å². The Balaban J connectivity index is 1.71. The third-order valence-corrected chi connectivity index (χ3v) is 6.93. The van der Waals surface area contributed by atoms with E-state index in [1.54, 1.807) is 4.31 Å². The van der Waals surface area contributed by atoms with Gasteiger partial charge in [-0.05, 0) is 39.4 Å². The van der Waals surface area contributed by atoms with Crippen LogP contribution in [0.1, 0.15) is 35.7 Å². The van der Waals surface area contributed by atoms with Crippen LogP contribution in [0.15, 0.2) is 36.7 Å². The summed E-state index contributed by atoms with van der Waals surface area (Å²) in [6.45, 7) is 4.91. The molecule has 2 aromatic rings. The Kier molecular flexibility index (Phi) is 6.34. The summed E-state index contributed by atoms with van der Waals surface area (Å²) in [5.74, 6) is 1.23. The number of hydrogen-bond donors (Lipinski definition) is 0. The van der Waals surface area contributed by atoms with Gasteiger partial charge in [-0.2, -0.15) is 0 Å². The van der Waals surface area contributed by atoms with Crippen molar-refractivity contribution in [2.24, 2.45) is 0 Å². The molecule has 1 aromatic heterocycles. The Morgan fingerprint density at radius 2 is 2.11 bits per heavy atom. The van der Waals surface area contributed by atoms with Gasteiger partial charge < -0.3 is 9.47 Å². The molecule has 1 aliphatic heterocycles. The summed E-state index contributed by atoms with van der Waals surface area (Å²) >= 11 is 0. The van der Waals surface area contributed by atoms with Crippen molar-refractivity contribution in [3.05, 3.63) is 53.6 Å². The highest BCUT2D eigenvalue weighted by molar-refractivity contribution is 7.88. The lowest BCUT2D eigenvalue weighted by Crippen LogP contribution is -2.40. The van der Waals surface area contributed by atoms with Crippen molar-refractivity contribution in [2.45, 2.75) is 38.0 Å². The minimum Gasteiger partial charge on any atom is -0.333 e. The highest BCUT2D eigenvalue weighted by Crippen LogP contribution is 2.28. The summed E-state index contributed by atoms with van der Waals surface area (Å²) in [6, 6.07) is 7.74. The van der Waals surface area contributed by atoms with Gasteiger partial charge in [0, 0.05) is 44.5 Å². The minimum absolute atomic E-state index is 0.0659. The summed E-state index contributed by atoms with van der Waals surface area (Å²) < 4.78 is 29.8. The van der Waals surface area contributed by atoms with Gasteiger partial charge in [0.15, 0.2) is 0 Å². The largest absolute Gasteiger partial charge is 0.333 e. The van der Waals surface area contributed by atoms with Crippen LogP contribution >= 0.6 is 0 Å². The van der Waals surface area contributed by atoms with E-state index >= 15 is 0 Å². The molecule has 1 atom stereocenters. The summed E-state index contributed by atoms with van der Waals surface area (Å²) in [6.07, 6.45) is 5.68. The van der Waals surface area contributed by atoms with Gasteiger partial charge in [-0.25, -0.2) is 17.7 Å². The molecule has 0 aliphatic carbocycles. The number of benzene rings is 1. The highest BCUT2D eigenvalue weighted by Gasteiger charge is 2.31. The molecule has 3 rings (SSSR count). The predicted octanol–water partition coefficient (Wildman–Crippen LogP) is 2.46. The van der Waals surface area contributed by atoms with Crippen LogP contribution in [0.4, 0.5) is 0 Å². The molecule has 0 bridgehead atoms. The van der Waals surface area contributed by atoms with Gasteiger partial charge in [0.05, 0.1) is 5.75 Å². The molecule has 0 N–H and O–H groups in total. The maximum Gasteiger partial charge on any atom is 0.218 e. The third-order valence-electron chi connectivity index (χ3n) is 5.11. The number of aromatic nitrogens is 2. The fourth-order valence-corrected chi connectivity index (χ4v) is 5.28. The third kappa shape index (κ3) is 5.18. The van der Waals surface area contributed by atoms with Gasteiger partial charge in [0.25, 0.3) is 0 Å². The first-order valence-corrected chi connectivity index (χ1v) is 11.2. The van der Waals surface area contributed by atoms with E-state index in [0.717, 1.165) is 42.9 Å². The van der Waals surface area contributed by atoms with E-state index in [0.29, 0.717) is 13.1 Å². The van der Waals surface area contributed by atoms with Crippen molar-refractivity contribution in [1.29, 1.82) is 0 Å². The fourth-order valence-electron chi connectivity index (χ4n) is 3.69. The number of piperidine rings is 1. The number of imidazole rings is 1. The normalized spacial score (nSPS) is 18.9. The van der Waals surface area contributed by atoms with E-state index in [1.807, 2.05) is 43.6 Å². The molecular weight excluding hydrogens is 360 g/mol. The number of hydrogen-bond acceptors (Lipinski definition) is 4. The first kappa shape index (κ1) is 20.0. The smallest absolute Gasteiger partial charge is 0.218 e. The summed E-state index contributed by atoms with van der Waals surface area (Å²) in [5.41, 5.74) is 1.94. The maximum absolute atomic E-state index is 13.0. The quantitative estimate of drug-likeness (QED) is 0.729. The molecule has 2 heterocycles. The molecule has 27 heavy (non-hydrogen) atoms. The number of rotatable bonds is 7. The summed E-state index contributed by atoms with van der Waals surface area (Å²) in [4.78, 5) is 6.69. The molecule has 1 aliphatic rings. The number of sulfonamides is 1. The van der Waals surface area contributed by atoms with Gasteiger partial charge in [-0.3, -0.25) is 0 Å². The number of likely N-dealkylation sites (N-methyl/N-ethyl adjacent to an activating group) is 1. The first-order valence-electron chi connectivity index (χ1n) is 9.54. The molecule has 6 nitrogen and oxygen atoms in total. The first-order chi connectivity index (χ1) is 12.8. The predicted molar refractivity (Wildman–Crippen MR) is 108 cm³/mol. The Labute approximate surface area is 162 Å². The lowest BCUT2D eigenvalue weighted by Gasteiger charge is -2.32. The molecular formula is C20H30N4O2S. The monoisotopic (exact) mass is 390 g/mol. The van der Waals surface area contributed by atoms with E-state index in [9.17, 15) is 8.42 Å². The average Bonchev–Trinajstić information content (AvgIpc) is 3.08. The van der Waals surface area contributed by atoms with Gasteiger partial charge in [0.1, 0.15) is 5.82 Å². The van der Waals surface area contributed by atoms with Crippen LogP contribution in [-0.4, -0.2) is 60.9 Å². The molecule has 1 aromatic carbocycles. The SMILES string of the molecule is Cc1cccc(CS(=O)(=O)N2CCCC(c3nccn3CCN(C)C)C2)c1. The molecule has 0 amide bonds. The van der Waals surface area contributed by atoms with E-state index in [1.165, 1.54) is 0 Å². The van der Waals surface area contributed by atoms with Gasteiger partial charge in [-0.15, -0.1) is 0 Å². The fraction of sp³-hybridized carbons (Fsp3) is 0.550. The molecule has 7 heteroatoms. The maximum atomic E-state index is 13.0. The molecule has 0 spiro atoms. The highest BCUT2D eigenvalue weighted by atomic mass is 32.2. The Morgan fingerprint density at radius 1 is 1.30 bits per heavy atom. The standard InChI is InChI=1S/C20H30N4O2S/c1-17-6-4-7-18(14-17)16-27(25,26)24-10-5-8-19(15-24)20-21-9-11-23(20)13-12-22(2)3/h4,6-7,9,11,14,19H,5,8,10,12-13,15-16H2,1-3H3. The zero-order valence-corrected chi connectivity index (χ0v) is 17.3. The van der Waals surface area contributed by atoms with E-state index < -0.39 is 10.0 Å². The molecule has 1 saturated heterocycles. The van der Waals surface area contributed by atoms with Crippen molar-refractivity contribution >= 4 is 10.0 Å². The van der Waals surface area contributed by atoms with Crippen LogP contribution in [0, 0.1) is 6.92 Å². The van der Waals surface area contributed by atoms with Crippen LogP contribution < -0.4 is 0 Å². The lowest BCUT2D eigenvalue weighted by molar-refractivity contribution is 0.300. The molecule has 0 radical (unpaired) electrons. The van der Waals surface area contributed by atoms with Crippen molar-refractivity contribution in [3.63, 3.8) is 0 Å². The Morgan fingerprint density at radius 3 is 2.85 bits per heavy atom. The second kappa shape index (κ2) is 8.54. The van der Waals surface area contributed by atoms with E-state index in [4.69, 9.17) is 0 Å².